The molecule has 2 heterocycles. The number of carbonyl (C=O) groups excluding carboxylic acids is 1. The number of nitrogens with one attached hydrogen (secondary N) is 2. The number of aryl methyl sites for hydroxylation is 1. The predicted octanol–water partition coefficient (Wildman–Crippen LogP) is 5.28. The first-order valence-electron chi connectivity index (χ1n) is 10.2. The Bertz CT molecular complexity index is 1160. The molecule has 154 valence electrons. The molecule has 0 saturated heterocycles. The van der Waals surface area contributed by atoms with E-state index in [4.69, 9.17) is 4.42 Å². The number of carbonyl (C=O) groups is 1. The van der Waals surface area contributed by atoms with Crippen molar-refractivity contribution in [1.82, 2.24) is 15.3 Å². The second-order valence-electron chi connectivity index (χ2n) is 8.72. The van der Waals surface area contributed by atoms with E-state index in [9.17, 15) is 4.79 Å². The minimum Gasteiger partial charge on any atom is -0.456 e. The van der Waals surface area contributed by atoms with Gasteiger partial charge in [-0.3, -0.25) is 4.79 Å². The molecule has 2 aromatic carbocycles. The van der Waals surface area contributed by atoms with Crippen molar-refractivity contribution >= 4 is 16.9 Å². The number of benzene rings is 2. The van der Waals surface area contributed by atoms with Gasteiger partial charge in [0.05, 0.1) is 17.6 Å². The van der Waals surface area contributed by atoms with Crippen molar-refractivity contribution < 1.29 is 9.21 Å². The number of H-pyrrole nitrogens is 1. The highest BCUT2D eigenvalue weighted by atomic mass is 16.3. The number of imidazole rings is 1. The Morgan fingerprint density at radius 3 is 2.67 bits per heavy atom. The van der Waals surface area contributed by atoms with Gasteiger partial charge in [0.25, 0.3) is 5.91 Å². The lowest BCUT2D eigenvalue weighted by atomic mass is 9.85. The van der Waals surface area contributed by atoms with Crippen LogP contribution in [0.25, 0.3) is 11.0 Å². The van der Waals surface area contributed by atoms with Crippen LogP contribution in [0.15, 0.2) is 59.0 Å². The maximum atomic E-state index is 12.5. The van der Waals surface area contributed by atoms with E-state index in [0.717, 1.165) is 16.8 Å². The average Bonchev–Trinajstić information content (AvgIpc) is 3.33. The minimum absolute atomic E-state index is 0.0906. The molecule has 0 aliphatic heterocycles. The number of hydrogen-bond donors (Lipinski definition) is 2. The zero-order valence-electron chi connectivity index (χ0n) is 17.9. The Morgan fingerprint density at radius 2 is 1.90 bits per heavy atom. The molecule has 0 aliphatic carbocycles. The molecule has 0 atom stereocenters. The summed E-state index contributed by atoms with van der Waals surface area (Å²) < 4.78 is 5.83. The summed E-state index contributed by atoms with van der Waals surface area (Å²) in [5.41, 5.74) is 5.65. The van der Waals surface area contributed by atoms with Gasteiger partial charge >= 0.3 is 0 Å². The fourth-order valence-electron chi connectivity index (χ4n) is 3.45. The number of hydrogen-bond acceptors (Lipinski definition) is 3. The van der Waals surface area contributed by atoms with Crippen LogP contribution in [0.5, 0.6) is 0 Å². The highest BCUT2D eigenvalue weighted by molar-refractivity contribution is 5.91. The first-order valence-corrected chi connectivity index (χ1v) is 10.2. The van der Waals surface area contributed by atoms with Gasteiger partial charge < -0.3 is 14.7 Å². The molecule has 0 fully saturated rings. The number of furan rings is 1. The van der Waals surface area contributed by atoms with Crippen molar-refractivity contribution in [2.75, 3.05) is 0 Å². The largest absolute Gasteiger partial charge is 0.456 e. The van der Waals surface area contributed by atoms with E-state index in [1.165, 1.54) is 16.7 Å². The first-order chi connectivity index (χ1) is 14.3. The molecule has 4 aromatic rings. The van der Waals surface area contributed by atoms with E-state index in [1.54, 1.807) is 6.07 Å². The maximum Gasteiger partial charge on any atom is 0.287 e. The van der Waals surface area contributed by atoms with Crippen molar-refractivity contribution in [3.63, 3.8) is 0 Å². The molecule has 0 spiro atoms. The van der Waals surface area contributed by atoms with E-state index in [0.29, 0.717) is 24.6 Å². The Labute approximate surface area is 176 Å². The summed E-state index contributed by atoms with van der Waals surface area (Å²) in [5.74, 6) is 1.55. The lowest BCUT2D eigenvalue weighted by molar-refractivity contribution is 0.0920. The molecule has 0 radical (unpaired) electrons. The number of aromatic nitrogens is 2. The molecule has 2 aromatic heterocycles. The Hall–Kier alpha value is -3.34. The van der Waals surface area contributed by atoms with E-state index in [1.807, 2.05) is 30.3 Å². The van der Waals surface area contributed by atoms with Crippen molar-refractivity contribution in [3.05, 3.63) is 88.6 Å². The summed E-state index contributed by atoms with van der Waals surface area (Å²) in [6, 6.07) is 18.0. The smallest absolute Gasteiger partial charge is 0.287 e. The molecule has 4 rings (SSSR count). The number of nitrogens with zero attached hydrogens (tertiary/aromatic N) is 1. The molecular weight excluding hydrogens is 374 g/mol. The SMILES string of the molecule is Cc1ccc(C(C)(C)C)cc1Cc1ccc(C(=O)NCc2nc3ccccc3[nH]2)o1. The lowest BCUT2D eigenvalue weighted by Gasteiger charge is -2.20. The third-order valence-electron chi connectivity index (χ3n) is 5.32. The highest BCUT2D eigenvalue weighted by Gasteiger charge is 2.16. The van der Waals surface area contributed by atoms with Gasteiger partial charge in [0, 0.05) is 6.42 Å². The monoisotopic (exact) mass is 401 g/mol. The predicted molar refractivity (Wildman–Crippen MR) is 119 cm³/mol. The lowest BCUT2D eigenvalue weighted by Crippen LogP contribution is -2.22. The zero-order chi connectivity index (χ0) is 21.3. The van der Waals surface area contributed by atoms with Gasteiger partial charge in [-0.25, -0.2) is 4.98 Å². The molecule has 30 heavy (non-hydrogen) atoms. The molecule has 0 bridgehead atoms. The van der Waals surface area contributed by atoms with Crippen molar-refractivity contribution in [2.24, 2.45) is 0 Å². The Morgan fingerprint density at radius 1 is 1.10 bits per heavy atom. The average molecular weight is 402 g/mol. The Kier molecular flexibility index (Phi) is 5.20. The maximum absolute atomic E-state index is 12.5. The molecule has 0 unspecified atom stereocenters. The van der Waals surface area contributed by atoms with Gasteiger partial charge in [-0.05, 0) is 53.3 Å². The van der Waals surface area contributed by atoms with E-state index in [2.05, 4.69) is 61.2 Å². The third-order valence-corrected chi connectivity index (χ3v) is 5.32. The van der Waals surface area contributed by atoms with Crippen LogP contribution in [0.3, 0.4) is 0 Å². The molecule has 5 heteroatoms. The molecule has 2 N–H and O–H groups in total. The summed E-state index contributed by atoms with van der Waals surface area (Å²) in [7, 11) is 0. The minimum atomic E-state index is -0.248. The number of fused-ring (bicyclic) bond motifs is 1. The summed E-state index contributed by atoms with van der Waals surface area (Å²) in [5, 5.41) is 2.87. The van der Waals surface area contributed by atoms with Crippen molar-refractivity contribution in [1.29, 1.82) is 0 Å². The van der Waals surface area contributed by atoms with Crippen LogP contribution < -0.4 is 5.32 Å². The van der Waals surface area contributed by atoms with E-state index < -0.39 is 0 Å². The third kappa shape index (κ3) is 4.30. The molecule has 0 aliphatic rings. The second-order valence-corrected chi connectivity index (χ2v) is 8.72. The first kappa shape index (κ1) is 20.0. The van der Waals surface area contributed by atoms with Crippen LogP contribution in [-0.2, 0) is 18.4 Å². The zero-order valence-corrected chi connectivity index (χ0v) is 17.9. The van der Waals surface area contributed by atoms with Gasteiger partial charge in [0.15, 0.2) is 5.76 Å². The molecule has 1 amide bonds. The summed E-state index contributed by atoms with van der Waals surface area (Å²) in [6.45, 7) is 9.04. The van der Waals surface area contributed by atoms with Crippen LogP contribution in [0.2, 0.25) is 0 Å². The van der Waals surface area contributed by atoms with Gasteiger partial charge in [0.1, 0.15) is 11.6 Å². The molecule has 0 saturated carbocycles. The number of para-hydroxylation sites is 2. The van der Waals surface area contributed by atoms with Crippen LogP contribution in [0.1, 0.15) is 59.6 Å². The molecule has 5 nitrogen and oxygen atoms in total. The van der Waals surface area contributed by atoms with Crippen molar-refractivity contribution in [2.45, 2.75) is 46.1 Å². The summed E-state index contributed by atoms with van der Waals surface area (Å²) >= 11 is 0. The molecular formula is C25H27N3O2. The second kappa shape index (κ2) is 7.82. The highest BCUT2D eigenvalue weighted by Crippen LogP contribution is 2.26. The van der Waals surface area contributed by atoms with Crippen LogP contribution in [0, 0.1) is 6.92 Å². The standard InChI is InChI=1S/C25H27N3O2/c1-16-9-10-18(25(2,3)4)13-17(16)14-19-11-12-22(30-19)24(29)26-15-23-27-20-7-5-6-8-21(20)28-23/h5-13H,14-15H2,1-4H3,(H,26,29)(H,27,28). The number of aromatic amines is 1. The quantitative estimate of drug-likeness (QED) is 0.478. The van der Waals surface area contributed by atoms with Crippen molar-refractivity contribution in [3.8, 4) is 0 Å². The van der Waals surface area contributed by atoms with Gasteiger partial charge in [-0.15, -0.1) is 0 Å². The van der Waals surface area contributed by atoms with Gasteiger partial charge in [0.2, 0.25) is 0 Å². The summed E-state index contributed by atoms with van der Waals surface area (Å²) in [6.07, 6.45) is 0.659. The number of amides is 1. The van der Waals surface area contributed by atoms with Crippen LogP contribution in [0.4, 0.5) is 0 Å². The Balaban J connectivity index is 1.43. The fraction of sp³-hybridized carbons (Fsp3) is 0.280. The topological polar surface area (TPSA) is 70.9 Å². The van der Waals surface area contributed by atoms with E-state index in [-0.39, 0.29) is 11.3 Å². The normalized spacial score (nSPS) is 11.7. The number of rotatable bonds is 5. The van der Waals surface area contributed by atoms with Gasteiger partial charge in [-0.1, -0.05) is 51.1 Å². The van der Waals surface area contributed by atoms with Crippen LogP contribution in [-0.4, -0.2) is 15.9 Å². The van der Waals surface area contributed by atoms with Gasteiger partial charge in [-0.2, -0.15) is 0 Å². The van der Waals surface area contributed by atoms with Crippen LogP contribution >= 0.6 is 0 Å². The summed E-state index contributed by atoms with van der Waals surface area (Å²) in [4.78, 5) is 20.2. The van der Waals surface area contributed by atoms with E-state index >= 15 is 0 Å². The fourth-order valence-corrected chi connectivity index (χ4v) is 3.45.